The summed E-state index contributed by atoms with van der Waals surface area (Å²) < 4.78 is 0. The van der Waals surface area contributed by atoms with Gasteiger partial charge in [0.1, 0.15) is 0 Å². The number of rotatable bonds is 1. The smallest absolute Gasteiger partial charge is 0.219 e. The lowest BCUT2D eigenvalue weighted by molar-refractivity contribution is 0.579. The van der Waals surface area contributed by atoms with Crippen LogP contribution in [-0.2, 0) is 6.42 Å². The lowest BCUT2D eigenvalue weighted by Gasteiger charge is -2.18. The average Bonchev–Trinajstić information content (AvgIpc) is 2.58. The Hall–Kier alpha value is -1.56. The molecule has 0 bridgehead atoms. The molecule has 0 amide bonds. The van der Waals surface area contributed by atoms with Crippen LogP contribution in [0.25, 0.3) is 0 Å². The Kier molecular flexibility index (Phi) is 3.33. The van der Waals surface area contributed by atoms with Gasteiger partial charge in [-0.25, -0.2) is 4.99 Å². The summed E-state index contributed by atoms with van der Waals surface area (Å²) in [4.78, 5) is 10.9. The molecule has 2 rings (SSSR count). The highest BCUT2D eigenvalue weighted by molar-refractivity contribution is 7.12. The topological polar surface area (TPSA) is 103 Å². The first-order valence-corrected chi connectivity index (χ1v) is 6.40. The number of thiophene rings is 1. The average molecular weight is 251 g/mol. The lowest BCUT2D eigenvalue weighted by Crippen LogP contribution is -2.26. The van der Waals surface area contributed by atoms with Crippen LogP contribution in [0.5, 0.6) is 0 Å². The third kappa shape index (κ3) is 2.76. The predicted molar refractivity (Wildman–Crippen MR) is 72.2 cm³/mol. The van der Waals surface area contributed by atoms with Crippen molar-refractivity contribution in [1.82, 2.24) is 0 Å². The third-order valence-corrected chi connectivity index (χ3v) is 3.86. The maximum absolute atomic E-state index is 5.68. The largest absolute Gasteiger partial charge is 0.370 e. The number of nitrogens with two attached hydrogens (primary N) is 3. The maximum Gasteiger partial charge on any atom is 0.219 e. The van der Waals surface area contributed by atoms with Gasteiger partial charge >= 0.3 is 0 Å². The van der Waals surface area contributed by atoms with E-state index in [1.165, 1.54) is 15.3 Å². The Balaban J connectivity index is 2.27. The van der Waals surface area contributed by atoms with E-state index in [2.05, 4.69) is 23.0 Å². The number of fused-ring (bicyclic) bond motifs is 1. The summed E-state index contributed by atoms with van der Waals surface area (Å²) in [5.74, 6) is 0.107. The fraction of sp³-hybridized carbons (Fsp3) is 0.455. The lowest BCUT2D eigenvalue weighted by atomic mass is 9.94. The zero-order chi connectivity index (χ0) is 12.4. The highest BCUT2D eigenvalue weighted by Crippen LogP contribution is 2.37. The Bertz CT molecular complexity index is 470. The first kappa shape index (κ1) is 11.9. The second kappa shape index (κ2) is 4.75. The van der Waals surface area contributed by atoms with Crippen LogP contribution in [0.2, 0.25) is 0 Å². The highest BCUT2D eigenvalue weighted by Gasteiger charge is 2.21. The van der Waals surface area contributed by atoms with Crippen molar-refractivity contribution in [3.8, 4) is 0 Å². The van der Waals surface area contributed by atoms with E-state index >= 15 is 0 Å². The van der Waals surface area contributed by atoms with Gasteiger partial charge in [0.05, 0.1) is 6.04 Å². The first-order chi connectivity index (χ1) is 8.06. The molecule has 0 aromatic carbocycles. The van der Waals surface area contributed by atoms with Gasteiger partial charge in [-0.15, -0.1) is 11.3 Å². The van der Waals surface area contributed by atoms with Gasteiger partial charge < -0.3 is 17.2 Å². The molecule has 0 radical (unpaired) electrons. The van der Waals surface area contributed by atoms with Crippen LogP contribution in [-0.4, -0.2) is 11.9 Å². The van der Waals surface area contributed by atoms with Crippen LogP contribution in [0.4, 0.5) is 0 Å². The highest BCUT2D eigenvalue weighted by atomic mass is 32.1. The molecule has 1 atom stereocenters. The van der Waals surface area contributed by atoms with Crippen molar-refractivity contribution < 1.29 is 0 Å². The van der Waals surface area contributed by atoms with E-state index in [4.69, 9.17) is 17.2 Å². The van der Waals surface area contributed by atoms with Crippen molar-refractivity contribution in [2.75, 3.05) is 0 Å². The van der Waals surface area contributed by atoms with E-state index in [0.29, 0.717) is 0 Å². The summed E-state index contributed by atoms with van der Waals surface area (Å²) >= 11 is 1.84. The summed E-state index contributed by atoms with van der Waals surface area (Å²) in [6.45, 7) is 2.11. The zero-order valence-electron chi connectivity index (χ0n) is 9.81. The molecule has 5 nitrogen and oxygen atoms in total. The fourth-order valence-electron chi connectivity index (χ4n) is 2.13. The monoisotopic (exact) mass is 251 g/mol. The molecule has 1 aliphatic rings. The Morgan fingerprint density at radius 2 is 2.18 bits per heavy atom. The van der Waals surface area contributed by atoms with Crippen molar-refractivity contribution in [2.24, 2.45) is 27.2 Å². The standard InChI is InChI=1S/C11H17N5S/c1-6-5-7-8(3-2-4-9(7)17-6)15-11(14)16-10(12)13/h5,8H,2-4H2,1H3,(H6,12,13,14,15,16). The zero-order valence-corrected chi connectivity index (χ0v) is 10.6. The number of aliphatic imine (C=N–C) groups is 2. The molecule has 1 unspecified atom stereocenters. The van der Waals surface area contributed by atoms with Crippen molar-refractivity contribution in [2.45, 2.75) is 32.2 Å². The van der Waals surface area contributed by atoms with Crippen LogP contribution in [0.15, 0.2) is 16.1 Å². The SMILES string of the molecule is Cc1cc2c(s1)CCCC2N=C(N)N=C(N)N. The van der Waals surface area contributed by atoms with Gasteiger partial charge in [-0.1, -0.05) is 0 Å². The van der Waals surface area contributed by atoms with Crippen LogP contribution in [0.3, 0.4) is 0 Å². The van der Waals surface area contributed by atoms with E-state index in [-0.39, 0.29) is 18.0 Å². The number of hydrogen-bond acceptors (Lipinski definition) is 2. The molecular formula is C11H17N5S. The van der Waals surface area contributed by atoms with Crippen LogP contribution < -0.4 is 17.2 Å². The Morgan fingerprint density at radius 1 is 1.41 bits per heavy atom. The van der Waals surface area contributed by atoms with Crippen molar-refractivity contribution in [1.29, 1.82) is 0 Å². The number of aryl methyl sites for hydroxylation is 2. The summed E-state index contributed by atoms with van der Waals surface area (Å²) in [6.07, 6.45) is 3.28. The normalized spacial score (nSPS) is 19.8. The number of guanidine groups is 2. The van der Waals surface area contributed by atoms with Crippen molar-refractivity contribution in [3.63, 3.8) is 0 Å². The van der Waals surface area contributed by atoms with Gasteiger partial charge in [-0.3, -0.25) is 0 Å². The summed E-state index contributed by atoms with van der Waals surface area (Å²) in [6, 6.07) is 2.29. The van der Waals surface area contributed by atoms with E-state index in [9.17, 15) is 0 Å². The molecular weight excluding hydrogens is 234 g/mol. The molecule has 0 saturated heterocycles. The van der Waals surface area contributed by atoms with Gasteiger partial charge in [-0.2, -0.15) is 4.99 Å². The van der Waals surface area contributed by atoms with Crippen LogP contribution in [0, 0.1) is 6.92 Å². The van der Waals surface area contributed by atoms with E-state index < -0.39 is 0 Å². The quantitative estimate of drug-likeness (QED) is 0.513. The summed E-state index contributed by atoms with van der Waals surface area (Å²) in [5.41, 5.74) is 17.5. The minimum Gasteiger partial charge on any atom is -0.370 e. The van der Waals surface area contributed by atoms with Crippen molar-refractivity contribution >= 4 is 23.3 Å². The van der Waals surface area contributed by atoms with Crippen LogP contribution >= 0.6 is 11.3 Å². The third-order valence-electron chi connectivity index (χ3n) is 2.74. The molecule has 6 N–H and O–H groups in total. The van der Waals surface area contributed by atoms with E-state index in [1.54, 1.807) is 0 Å². The van der Waals surface area contributed by atoms with E-state index in [0.717, 1.165) is 19.3 Å². The molecule has 92 valence electrons. The second-order valence-corrected chi connectivity index (χ2v) is 5.51. The van der Waals surface area contributed by atoms with Gasteiger partial charge in [0.15, 0.2) is 5.96 Å². The second-order valence-electron chi connectivity index (χ2n) is 4.17. The minimum absolute atomic E-state index is 0.0521. The molecule has 0 saturated carbocycles. The molecule has 0 spiro atoms. The van der Waals surface area contributed by atoms with Crippen molar-refractivity contribution in [3.05, 3.63) is 21.4 Å². The van der Waals surface area contributed by atoms with Gasteiger partial charge in [0.2, 0.25) is 5.96 Å². The number of hydrogen-bond donors (Lipinski definition) is 3. The molecule has 1 aliphatic carbocycles. The maximum atomic E-state index is 5.68. The molecule has 1 aromatic rings. The Labute approximate surface area is 104 Å². The van der Waals surface area contributed by atoms with Gasteiger partial charge in [0, 0.05) is 9.75 Å². The van der Waals surface area contributed by atoms with E-state index in [1.807, 2.05) is 11.3 Å². The number of nitrogens with zero attached hydrogens (tertiary/aromatic N) is 2. The molecule has 1 heterocycles. The minimum atomic E-state index is -0.0521. The van der Waals surface area contributed by atoms with Gasteiger partial charge in [-0.05, 0) is 37.8 Å². The van der Waals surface area contributed by atoms with Gasteiger partial charge in [0.25, 0.3) is 0 Å². The molecule has 1 aromatic heterocycles. The first-order valence-electron chi connectivity index (χ1n) is 5.58. The van der Waals surface area contributed by atoms with Crippen LogP contribution in [0.1, 0.15) is 34.2 Å². The molecule has 6 heteroatoms. The predicted octanol–water partition coefficient (Wildman–Crippen LogP) is 1.02. The fourth-order valence-corrected chi connectivity index (χ4v) is 3.26. The molecule has 17 heavy (non-hydrogen) atoms. The summed E-state index contributed by atoms with van der Waals surface area (Å²) in [5, 5.41) is 0. The Morgan fingerprint density at radius 3 is 2.88 bits per heavy atom. The molecule has 0 fully saturated rings. The molecule has 0 aliphatic heterocycles. The summed E-state index contributed by atoms with van der Waals surface area (Å²) in [7, 11) is 0.